The van der Waals surface area contributed by atoms with Gasteiger partial charge in [0.15, 0.2) is 11.6 Å². The molecule has 0 unspecified atom stereocenters. The van der Waals surface area contributed by atoms with Gasteiger partial charge in [0, 0.05) is 10.9 Å². The minimum atomic E-state index is -1.13. The van der Waals surface area contributed by atoms with Crippen molar-refractivity contribution in [1.29, 1.82) is 0 Å². The zero-order valence-electron chi connectivity index (χ0n) is 12.4. The summed E-state index contributed by atoms with van der Waals surface area (Å²) in [7, 11) is 2.83. The number of ether oxygens (including phenoxy) is 2. The average Bonchev–Trinajstić information content (AvgIpc) is 2.97. The van der Waals surface area contributed by atoms with E-state index in [9.17, 15) is 14.3 Å². The molecule has 1 heterocycles. The van der Waals surface area contributed by atoms with Crippen LogP contribution in [0.4, 0.5) is 4.39 Å². The molecular weight excluding hydrogens is 303 g/mol. The highest BCUT2D eigenvalue weighted by Gasteiger charge is 2.17. The van der Waals surface area contributed by atoms with Gasteiger partial charge in [0.05, 0.1) is 14.2 Å². The third-order valence-electron chi connectivity index (χ3n) is 3.49. The van der Waals surface area contributed by atoms with E-state index in [1.54, 1.807) is 18.2 Å². The van der Waals surface area contributed by atoms with E-state index in [0.717, 1.165) is 0 Å². The summed E-state index contributed by atoms with van der Waals surface area (Å²) in [5, 5.41) is 9.87. The Bertz CT molecular complexity index is 897. The number of hydrogen-bond acceptors (Lipinski definition) is 4. The zero-order chi connectivity index (χ0) is 16.6. The van der Waals surface area contributed by atoms with Crippen molar-refractivity contribution in [3.63, 3.8) is 0 Å². The van der Waals surface area contributed by atoms with E-state index in [1.807, 2.05) is 0 Å². The van der Waals surface area contributed by atoms with Crippen LogP contribution >= 0.6 is 0 Å². The lowest BCUT2D eigenvalue weighted by Gasteiger charge is -2.03. The number of fused-ring (bicyclic) bond motifs is 1. The number of carboxylic acid groups (broad SMARTS) is 1. The quantitative estimate of drug-likeness (QED) is 0.789. The number of carbonyl (C=O) groups is 1. The molecule has 1 N–H and O–H groups in total. The monoisotopic (exact) mass is 316 g/mol. The lowest BCUT2D eigenvalue weighted by molar-refractivity contribution is 0.0697. The Kier molecular flexibility index (Phi) is 3.65. The van der Waals surface area contributed by atoms with Gasteiger partial charge >= 0.3 is 5.97 Å². The molecule has 0 spiro atoms. The van der Waals surface area contributed by atoms with Gasteiger partial charge in [-0.1, -0.05) is 0 Å². The lowest BCUT2D eigenvalue weighted by atomic mass is 10.1. The van der Waals surface area contributed by atoms with Crippen LogP contribution in [-0.4, -0.2) is 25.3 Å². The first kappa shape index (κ1) is 14.9. The van der Waals surface area contributed by atoms with E-state index in [2.05, 4.69) is 0 Å². The maximum atomic E-state index is 13.8. The molecular formula is C17H13FO5. The third kappa shape index (κ3) is 2.59. The Morgan fingerprint density at radius 2 is 1.91 bits per heavy atom. The molecule has 2 aromatic carbocycles. The maximum absolute atomic E-state index is 13.8. The average molecular weight is 316 g/mol. The Morgan fingerprint density at radius 1 is 1.13 bits per heavy atom. The van der Waals surface area contributed by atoms with Crippen molar-refractivity contribution >= 4 is 16.9 Å². The first-order chi connectivity index (χ1) is 11.0. The molecule has 0 saturated carbocycles. The third-order valence-corrected chi connectivity index (χ3v) is 3.49. The molecule has 118 valence electrons. The number of carboxylic acids is 1. The number of furan rings is 1. The van der Waals surface area contributed by atoms with Gasteiger partial charge in [0.25, 0.3) is 0 Å². The van der Waals surface area contributed by atoms with Crippen LogP contribution in [0.15, 0.2) is 40.8 Å². The molecule has 6 heteroatoms. The van der Waals surface area contributed by atoms with E-state index in [4.69, 9.17) is 13.9 Å². The van der Waals surface area contributed by atoms with Crippen LogP contribution in [0.25, 0.3) is 22.3 Å². The number of hydrogen-bond donors (Lipinski definition) is 1. The van der Waals surface area contributed by atoms with Gasteiger partial charge < -0.3 is 19.0 Å². The fourth-order valence-electron chi connectivity index (χ4n) is 2.36. The van der Waals surface area contributed by atoms with E-state index < -0.39 is 11.8 Å². The van der Waals surface area contributed by atoms with Crippen LogP contribution in [0.3, 0.4) is 0 Å². The van der Waals surface area contributed by atoms with E-state index in [1.165, 1.54) is 32.4 Å². The summed E-state index contributed by atoms with van der Waals surface area (Å²) in [5.41, 5.74) is 0.680. The normalized spacial score (nSPS) is 10.7. The number of benzene rings is 2. The second-order valence-electron chi connectivity index (χ2n) is 4.86. The van der Waals surface area contributed by atoms with Crippen LogP contribution < -0.4 is 9.47 Å². The second-order valence-corrected chi connectivity index (χ2v) is 4.86. The molecule has 0 saturated heterocycles. The molecule has 0 aliphatic carbocycles. The number of aromatic carboxylic acids is 1. The molecule has 0 aliphatic rings. The summed E-state index contributed by atoms with van der Waals surface area (Å²) >= 11 is 0. The summed E-state index contributed by atoms with van der Waals surface area (Å²) in [6, 6.07) is 9.08. The van der Waals surface area contributed by atoms with Gasteiger partial charge in [-0.15, -0.1) is 0 Å². The predicted octanol–water partition coefficient (Wildman–Crippen LogP) is 3.95. The molecule has 0 bridgehead atoms. The van der Waals surface area contributed by atoms with Gasteiger partial charge in [-0.05, 0) is 36.4 Å². The minimum Gasteiger partial charge on any atom is -0.497 e. The second kappa shape index (κ2) is 5.64. The van der Waals surface area contributed by atoms with Crippen molar-refractivity contribution in [3.8, 4) is 22.8 Å². The molecule has 0 fully saturated rings. The molecule has 3 aromatic rings. The first-order valence-electron chi connectivity index (χ1n) is 6.72. The first-order valence-corrected chi connectivity index (χ1v) is 6.72. The Balaban J connectivity index is 2.18. The molecule has 1 aromatic heterocycles. The molecule has 0 radical (unpaired) electrons. The summed E-state index contributed by atoms with van der Waals surface area (Å²) in [6.07, 6.45) is 0. The Morgan fingerprint density at radius 3 is 2.52 bits per heavy atom. The summed E-state index contributed by atoms with van der Waals surface area (Å²) < 4.78 is 29.4. The van der Waals surface area contributed by atoms with Gasteiger partial charge in [-0.2, -0.15) is 0 Å². The topological polar surface area (TPSA) is 68.9 Å². The minimum absolute atomic E-state index is 0.0143. The largest absolute Gasteiger partial charge is 0.497 e. The van der Waals surface area contributed by atoms with E-state index in [-0.39, 0.29) is 16.9 Å². The van der Waals surface area contributed by atoms with Gasteiger partial charge in [-0.25, -0.2) is 9.18 Å². The van der Waals surface area contributed by atoms with Crippen LogP contribution in [0.1, 0.15) is 10.4 Å². The van der Waals surface area contributed by atoms with E-state index in [0.29, 0.717) is 22.5 Å². The Hall–Kier alpha value is -3.02. The van der Waals surface area contributed by atoms with Crippen LogP contribution in [-0.2, 0) is 0 Å². The van der Waals surface area contributed by atoms with E-state index >= 15 is 0 Å². The van der Waals surface area contributed by atoms with Crippen molar-refractivity contribution in [1.82, 2.24) is 0 Å². The highest BCUT2D eigenvalue weighted by Crippen LogP contribution is 2.34. The van der Waals surface area contributed by atoms with Crippen LogP contribution in [0.5, 0.6) is 11.5 Å². The molecule has 0 atom stereocenters. The van der Waals surface area contributed by atoms with Crippen LogP contribution in [0, 0.1) is 5.82 Å². The lowest BCUT2D eigenvalue weighted by Crippen LogP contribution is -1.97. The maximum Gasteiger partial charge on any atom is 0.339 e. The predicted molar refractivity (Wildman–Crippen MR) is 81.7 cm³/mol. The number of halogens is 1. The highest BCUT2D eigenvalue weighted by atomic mass is 19.1. The molecule has 5 nitrogen and oxygen atoms in total. The molecule has 0 aliphatic heterocycles. The van der Waals surface area contributed by atoms with Crippen molar-refractivity contribution in [2.24, 2.45) is 0 Å². The van der Waals surface area contributed by atoms with Gasteiger partial charge in [-0.3, -0.25) is 0 Å². The fourth-order valence-corrected chi connectivity index (χ4v) is 2.36. The fraction of sp³-hybridized carbons (Fsp3) is 0.118. The standard InChI is InChI=1S/C17H13FO5/c1-21-11-5-10-7-15(23-16(10)12(8-11)17(19)20)9-3-4-14(22-2)13(18)6-9/h3-8H,1-2H3,(H,19,20). The number of methoxy groups -OCH3 is 2. The smallest absolute Gasteiger partial charge is 0.339 e. The van der Waals surface area contributed by atoms with Crippen molar-refractivity contribution in [3.05, 3.63) is 47.8 Å². The SMILES string of the molecule is COc1cc(C(=O)O)c2oc(-c3ccc(OC)c(F)c3)cc2c1. The summed E-state index contributed by atoms with van der Waals surface area (Å²) in [4.78, 5) is 11.4. The van der Waals surface area contributed by atoms with Crippen molar-refractivity contribution < 1.29 is 28.2 Å². The summed E-state index contributed by atoms with van der Waals surface area (Å²) in [5.74, 6) is -0.768. The molecule has 23 heavy (non-hydrogen) atoms. The number of rotatable bonds is 4. The highest BCUT2D eigenvalue weighted by molar-refractivity contribution is 6.03. The van der Waals surface area contributed by atoms with Gasteiger partial charge in [0.1, 0.15) is 22.7 Å². The van der Waals surface area contributed by atoms with Crippen molar-refractivity contribution in [2.75, 3.05) is 14.2 Å². The summed E-state index contributed by atoms with van der Waals surface area (Å²) in [6.45, 7) is 0. The molecule has 3 rings (SSSR count). The zero-order valence-corrected chi connectivity index (χ0v) is 12.4. The van der Waals surface area contributed by atoms with Gasteiger partial charge in [0.2, 0.25) is 0 Å². The van der Waals surface area contributed by atoms with Crippen LogP contribution in [0.2, 0.25) is 0 Å². The molecule has 0 amide bonds. The van der Waals surface area contributed by atoms with Crippen molar-refractivity contribution in [2.45, 2.75) is 0 Å². The Labute approximate surface area is 130 Å².